The quantitative estimate of drug-likeness (QED) is 0.233. The molecule has 4 nitrogen and oxygen atoms in total. The first-order valence-electron chi connectivity index (χ1n) is 14.8. The minimum Gasteiger partial charge on any atom is -0.497 e. The van der Waals surface area contributed by atoms with Gasteiger partial charge in [0.05, 0.1) is 13.7 Å². The van der Waals surface area contributed by atoms with Crippen LogP contribution in [-0.4, -0.2) is 19.7 Å². The highest BCUT2D eigenvalue weighted by molar-refractivity contribution is 5.85. The van der Waals surface area contributed by atoms with Gasteiger partial charge in [0.1, 0.15) is 23.9 Å². The Balaban J connectivity index is 0.000000890. The van der Waals surface area contributed by atoms with Crippen LogP contribution in [0.3, 0.4) is 0 Å². The van der Waals surface area contributed by atoms with Crippen molar-refractivity contribution in [1.82, 2.24) is 0 Å². The summed E-state index contributed by atoms with van der Waals surface area (Å²) in [5, 5.41) is 0. The Morgan fingerprint density at radius 1 is 0.951 bits per heavy atom. The van der Waals surface area contributed by atoms with Gasteiger partial charge < -0.3 is 14.2 Å². The average Bonchev–Trinajstić information content (AvgIpc) is 3.67. The summed E-state index contributed by atoms with van der Waals surface area (Å²) in [5.74, 6) is 1.98. The summed E-state index contributed by atoms with van der Waals surface area (Å²) >= 11 is 0. The minimum absolute atomic E-state index is 0.00315. The van der Waals surface area contributed by atoms with Crippen molar-refractivity contribution in [2.75, 3.05) is 13.7 Å². The molecule has 41 heavy (non-hydrogen) atoms. The van der Waals surface area contributed by atoms with Gasteiger partial charge in [-0.3, -0.25) is 4.79 Å². The molecule has 0 atom stereocenters. The van der Waals surface area contributed by atoms with Crippen molar-refractivity contribution in [3.05, 3.63) is 89.2 Å². The van der Waals surface area contributed by atoms with Crippen LogP contribution in [0.2, 0.25) is 0 Å². The fourth-order valence-electron chi connectivity index (χ4n) is 5.04. The van der Waals surface area contributed by atoms with E-state index in [1.807, 2.05) is 43.3 Å². The van der Waals surface area contributed by atoms with Gasteiger partial charge in [-0.2, -0.15) is 0 Å². The summed E-state index contributed by atoms with van der Waals surface area (Å²) in [6.07, 6.45) is 8.25. The number of benzene rings is 3. The highest BCUT2D eigenvalue weighted by atomic mass is 19.1. The van der Waals surface area contributed by atoms with Crippen molar-refractivity contribution in [1.29, 1.82) is 0 Å². The third-order valence-corrected chi connectivity index (χ3v) is 7.78. The van der Waals surface area contributed by atoms with Gasteiger partial charge in [-0.15, -0.1) is 0 Å². The predicted molar refractivity (Wildman–Crippen MR) is 164 cm³/mol. The zero-order valence-corrected chi connectivity index (χ0v) is 25.1. The van der Waals surface area contributed by atoms with Crippen LogP contribution in [0.4, 0.5) is 4.39 Å². The minimum atomic E-state index is -0.276. The molecule has 5 heteroatoms. The number of aryl methyl sites for hydroxylation is 1. The molecule has 2 aliphatic rings. The molecule has 3 aromatic carbocycles. The lowest BCUT2D eigenvalue weighted by atomic mass is 9.79. The number of halogens is 1. The van der Waals surface area contributed by atoms with E-state index in [-0.39, 0.29) is 17.2 Å². The summed E-state index contributed by atoms with van der Waals surface area (Å²) in [6.45, 7) is 9.33. The molecule has 0 bridgehead atoms. The van der Waals surface area contributed by atoms with E-state index in [2.05, 4.69) is 32.9 Å². The number of carbonyl (C=O) groups excluding carboxylic acids is 1. The van der Waals surface area contributed by atoms with E-state index in [1.165, 1.54) is 24.5 Å². The Hall–Kier alpha value is -3.60. The highest BCUT2D eigenvalue weighted by Gasteiger charge is 2.30. The monoisotopic (exact) mass is 558 g/mol. The first-order valence-corrected chi connectivity index (χ1v) is 14.8. The number of methoxy groups -OCH3 is 1. The summed E-state index contributed by atoms with van der Waals surface area (Å²) in [4.78, 5) is 11.7. The molecule has 0 radical (unpaired) electrons. The van der Waals surface area contributed by atoms with Crippen molar-refractivity contribution in [3.63, 3.8) is 0 Å². The molecular formula is C36H43FO4. The lowest BCUT2D eigenvalue weighted by molar-refractivity contribution is -0.143. The summed E-state index contributed by atoms with van der Waals surface area (Å²) < 4.78 is 31.5. The molecule has 0 heterocycles. The Morgan fingerprint density at radius 2 is 1.73 bits per heavy atom. The molecule has 0 aromatic heterocycles. The highest BCUT2D eigenvalue weighted by Crippen LogP contribution is 2.47. The lowest BCUT2D eigenvalue weighted by Crippen LogP contribution is -2.10. The molecule has 0 amide bonds. The largest absolute Gasteiger partial charge is 0.497 e. The topological polar surface area (TPSA) is 44.8 Å². The van der Waals surface area contributed by atoms with Crippen LogP contribution in [0.15, 0.2) is 66.7 Å². The molecule has 1 fully saturated rings. The second-order valence-electron chi connectivity index (χ2n) is 11.7. The summed E-state index contributed by atoms with van der Waals surface area (Å²) in [5.41, 5.74) is 5.65. The van der Waals surface area contributed by atoms with Crippen LogP contribution in [-0.2, 0) is 22.6 Å². The van der Waals surface area contributed by atoms with Gasteiger partial charge in [0.15, 0.2) is 0 Å². The van der Waals surface area contributed by atoms with Gasteiger partial charge in [-0.1, -0.05) is 64.0 Å². The molecule has 1 saturated carbocycles. The zero-order chi connectivity index (χ0) is 29.4. The van der Waals surface area contributed by atoms with E-state index in [1.54, 1.807) is 19.2 Å². The summed E-state index contributed by atoms with van der Waals surface area (Å²) in [6, 6.07) is 18.7. The maximum Gasteiger partial charge on any atom is 0.306 e. The number of carbonyl (C=O) groups is 1. The SMILES string of the molecule is CC1CC1.CCOC(=O)CCc1cccc(OCc2ccc(-c3cc(OC)ccc3F)c(C3=CCCC3(C)C)c2)c1. The van der Waals surface area contributed by atoms with E-state index in [0.717, 1.165) is 46.8 Å². The van der Waals surface area contributed by atoms with Gasteiger partial charge in [-0.25, -0.2) is 4.39 Å². The smallest absolute Gasteiger partial charge is 0.306 e. The van der Waals surface area contributed by atoms with Crippen molar-refractivity contribution in [2.24, 2.45) is 11.3 Å². The van der Waals surface area contributed by atoms with E-state index >= 15 is 0 Å². The molecule has 2 aliphatic carbocycles. The summed E-state index contributed by atoms with van der Waals surface area (Å²) in [7, 11) is 1.59. The fourth-order valence-corrected chi connectivity index (χ4v) is 5.04. The first-order chi connectivity index (χ1) is 19.7. The van der Waals surface area contributed by atoms with Crippen LogP contribution in [0.25, 0.3) is 16.7 Å². The number of hydrogen-bond donors (Lipinski definition) is 0. The van der Waals surface area contributed by atoms with Crippen molar-refractivity contribution in [2.45, 2.75) is 72.8 Å². The molecule has 218 valence electrons. The normalized spacial score (nSPS) is 15.4. The number of esters is 1. The third kappa shape index (κ3) is 8.45. The molecule has 5 rings (SSSR count). The molecule has 0 aliphatic heterocycles. The van der Waals surface area contributed by atoms with Gasteiger partial charge in [0.25, 0.3) is 0 Å². The van der Waals surface area contributed by atoms with Crippen molar-refractivity contribution in [3.8, 4) is 22.6 Å². The number of ether oxygens (including phenoxy) is 3. The maximum absolute atomic E-state index is 15.0. The second-order valence-corrected chi connectivity index (χ2v) is 11.7. The van der Waals surface area contributed by atoms with Gasteiger partial charge in [0.2, 0.25) is 0 Å². The Bertz CT molecular complexity index is 1370. The first kappa shape index (κ1) is 30.4. The van der Waals surface area contributed by atoms with Crippen LogP contribution in [0.1, 0.15) is 76.5 Å². The van der Waals surface area contributed by atoms with Gasteiger partial charge >= 0.3 is 5.97 Å². The molecular weight excluding hydrogens is 515 g/mol. The Kier molecular flexibility index (Phi) is 10.3. The molecule has 0 unspecified atom stereocenters. The predicted octanol–water partition coefficient (Wildman–Crippen LogP) is 9.20. The van der Waals surface area contributed by atoms with Crippen LogP contribution in [0, 0.1) is 17.2 Å². The van der Waals surface area contributed by atoms with E-state index in [0.29, 0.717) is 37.4 Å². The fraction of sp³-hybridized carbons (Fsp3) is 0.417. The zero-order valence-electron chi connectivity index (χ0n) is 25.1. The van der Waals surface area contributed by atoms with E-state index in [4.69, 9.17) is 14.2 Å². The van der Waals surface area contributed by atoms with Crippen molar-refractivity contribution < 1.29 is 23.4 Å². The third-order valence-electron chi connectivity index (χ3n) is 7.78. The average molecular weight is 559 g/mol. The van der Waals surface area contributed by atoms with Crippen LogP contribution >= 0.6 is 0 Å². The second kappa shape index (κ2) is 13.8. The number of allylic oxidation sites excluding steroid dienone is 2. The van der Waals surface area contributed by atoms with E-state index in [9.17, 15) is 9.18 Å². The molecule has 0 spiro atoms. The van der Waals surface area contributed by atoms with Crippen molar-refractivity contribution >= 4 is 11.5 Å². The number of rotatable bonds is 10. The van der Waals surface area contributed by atoms with Crippen LogP contribution < -0.4 is 9.47 Å². The molecule has 3 aromatic rings. The lowest BCUT2D eigenvalue weighted by Gasteiger charge is -2.25. The van der Waals surface area contributed by atoms with E-state index < -0.39 is 0 Å². The van der Waals surface area contributed by atoms with Crippen LogP contribution in [0.5, 0.6) is 11.5 Å². The Morgan fingerprint density at radius 3 is 2.39 bits per heavy atom. The Labute approximate surface area is 244 Å². The maximum atomic E-state index is 15.0. The molecule has 0 N–H and O–H groups in total. The molecule has 0 saturated heterocycles. The number of hydrogen-bond acceptors (Lipinski definition) is 4. The standard InChI is InChI=1S/C32H35FO4.C4H8/c1-5-36-31(34)16-12-22-8-6-9-25(18-22)37-21-23-11-14-26(28-20-24(35-4)13-15-30(28)33)27(19-23)29-10-7-17-32(29,2)3;1-4-2-3-4/h6,8-11,13-15,18-20H,5,7,12,16-17,21H2,1-4H3;4H,2-3H2,1H3. The van der Waals surface area contributed by atoms with Gasteiger partial charge in [-0.05, 0) is 102 Å². The van der Waals surface area contributed by atoms with Gasteiger partial charge in [0, 0.05) is 12.0 Å².